The van der Waals surface area contributed by atoms with Gasteiger partial charge in [0.15, 0.2) is 4.34 Å². The third-order valence-corrected chi connectivity index (χ3v) is 7.31. The number of para-hydroxylation sites is 1. The van der Waals surface area contributed by atoms with Crippen molar-refractivity contribution in [1.82, 2.24) is 9.55 Å². The first-order chi connectivity index (χ1) is 13.8. The molecule has 5 heteroatoms. The number of aryl methyl sites for hydroxylation is 1. The lowest BCUT2D eigenvalue weighted by Crippen LogP contribution is -2.18. The average Bonchev–Trinajstić information content (AvgIpc) is 3.36. The Morgan fingerprint density at radius 2 is 1.82 bits per heavy atom. The summed E-state index contributed by atoms with van der Waals surface area (Å²) in [5.41, 5.74) is 5.75. The summed E-state index contributed by atoms with van der Waals surface area (Å²) < 4.78 is 2.92. The van der Waals surface area contributed by atoms with Crippen LogP contribution in [0.1, 0.15) is 28.9 Å². The van der Waals surface area contributed by atoms with Gasteiger partial charge in [0.1, 0.15) is 0 Å². The summed E-state index contributed by atoms with van der Waals surface area (Å²) in [5, 5.41) is 3.31. The molecule has 1 aliphatic carbocycles. The van der Waals surface area contributed by atoms with Crippen molar-refractivity contribution in [2.24, 2.45) is 0 Å². The van der Waals surface area contributed by atoms with Crippen molar-refractivity contribution in [2.75, 3.05) is 5.75 Å². The molecule has 2 aromatic heterocycles. The first kappa shape index (κ1) is 17.7. The molecule has 0 atom stereocenters. The zero-order valence-corrected chi connectivity index (χ0v) is 17.1. The molecule has 0 radical (unpaired) electrons. The highest BCUT2D eigenvalue weighted by Gasteiger charge is 2.23. The molecule has 2 aromatic carbocycles. The Morgan fingerprint density at radius 3 is 2.71 bits per heavy atom. The first-order valence-electron chi connectivity index (χ1n) is 9.59. The molecule has 0 amide bonds. The monoisotopic (exact) mass is 404 g/mol. The Hall–Kier alpha value is -2.37. The highest BCUT2D eigenvalue weighted by molar-refractivity contribution is 8.01. The van der Waals surface area contributed by atoms with Gasteiger partial charge >= 0.3 is 0 Å². The van der Waals surface area contributed by atoms with Crippen molar-refractivity contribution in [3.8, 4) is 11.3 Å². The molecule has 140 valence electrons. The van der Waals surface area contributed by atoms with E-state index in [0.717, 1.165) is 40.4 Å². The molecule has 0 saturated heterocycles. The maximum absolute atomic E-state index is 13.2. The topological polar surface area (TPSA) is 34.9 Å². The molecule has 3 nitrogen and oxygen atoms in total. The zero-order valence-electron chi connectivity index (χ0n) is 15.4. The number of hydrogen-bond donors (Lipinski definition) is 0. The van der Waals surface area contributed by atoms with Gasteiger partial charge in [0.05, 0.1) is 17.0 Å². The third-order valence-electron chi connectivity index (χ3n) is 5.30. The van der Waals surface area contributed by atoms with E-state index in [1.54, 1.807) is 11.3 Å². The van der Waals surface area contributed by atoms with Crippen LogP contribution in [0.4, 0.5) is 0 Å². The van der Waals surface area contributed by atoms with Crippen LogP contribution in [-0.4, -0.2) is 21.2 Å². The number of hydrogen-bond acceptors (Lipinski definition) is 4. The molecule has 0 unspecified atom stereocenters. The van der Waals surface area contributed by atoms with Crippen LogP contribution >= 0.6 is 23.1 Å². The standard InChI is InChI=1S/C23H20N2OS2/c26-22(15-28-23-24-19(14-27-23)16-8-2-1-3-9-16)25-20-12-6-4-10-17(20)18-11-5-7-13-21(18)25/h1-4,6,8-10,12,14H,5,7,11,13,15H2. The number of fused-ring (bicyclic) bond motifs is 3. The largest absolute Gasteiger partial charge is 0.283 e. The minimum Gasteiger partial charge on any atom is -0.283 e. The van der Waals surface area contributed by atoms with E-state index in [1.165, 1.54) is 34.8 Å². The average molecular weight is 405 g/mol. The summed E-state index contributed by atoms with van der Waals surface area (Å²) in [7, 11) is 0. The summed E-state index contributed by atoms with van der Waals surface area (Å²) in [6.45, 7) is 0. The third kappa shape index (κ3) is 3.19. The smallest absolute Gasteiger partial charge is 0.241 e. The van der Waals surface area contributed by atoms with Crippen molar-refractivity contribution in [1.29, 1.82) is 0 Å². The summed E-state index contributed by atoms with van der Waals surface area (Å²) in [5.74, 6) is 0.563. The lowest BCUT2D eigenvalue weighted by molar-refractivity contribution is 0.0943. The first-order valence-corrected chi connectivity index (χ1v) is 11.5. The lowest BCUT2D eigenvalue weighted by Gasteiger charge is -2.14. The molecular formula is C23H20N2OS2. The van der Waals surface area contributed by atoms with Gasteiger partial charge in [-0.3, -0.25) is 9.36 Å². The van der Waals surface area contributed by atoms with Gasteiger partial charge in [-0.1, -0.05) is 60.3 Å². The van der Waals surface area contributed by atoms with E-state index in [9.17, 15) is 4.79 Å². The highest BCUT2D eigenvalue weighted by atomic mass is 32.2. The minimum atomic E-state index is 0.154. The summed E-state index contributed by atoms with van der Waals surface area (Å²) in [6, 6.07) is 18.5. The Balaban J connectivity index is 1.39. The molecule has 0 bridgehead atoms. The van der Waals surface area contributed by atoms with Crippen molar-refractivity contribution in [3.63, 3.8) is 0 Å². The molecule has 0 fully saturated rings. The number of aromatic nitrogens is 2. The van der Waals surface area contributed by atoms with Gasteiger partial charge in [-0.15, -0.1) is 11.3 Å². The number of thioether (sulfide) groups is 1. The van der Waals surface area contributed by atoms with Crippen LogP contribution in [0.3, 0.4) is 0 Å². The lowest BCUT2D eigenvalue weighted by atomic mass is 9.96. The second kappa shape index (κ2) is 7.57. The van der Waals surface area contributed by atoms with Gasteiger partial charge in [0.25, 0.3) is 0 Å². The predicted octanol–water partition coefficient (Wildman–Crippen LogP) is 6.08. The van der Waals surface area contributed by atoms with Crippen molar-refractivity contribution >= 4 is 39.9 Å². The maximum Gasteiger partial charge on any atom is 0.241 e. The molecular weight excluding hydrogens is 384 g/mol. The van der Waals surface area contributed by atoms with Gasteiger partial charge < -0.3 is 0 Å². The molecule has 4 aromatic rings. The van der Waals surface area contributed by atoms with Gasteiger partial charge in [-0.25, -0.2) is 4.98 Å². The molecule has 5 rings (SSSR count). The molecule has 1 aliphatic rings. The second-order valence-electron chi connectivity index (χ2n) is 7.03. The van der Waals surface area contributed by atoms with Crippen molar-refractivity contribution in [3.05, 3.63) is 71.2 Å². The number of benzene rings is 2. The van der Waals surface area contributed by atoms with Crippen LogP contribution in [0.15, 0.2) is 64.3 Å². The van der Waals surface area contributed by atoms with E-state index >= 15 is 0 Å². The van der Waals surface area contributed by atoms with Crippen LogP contribution in [0.2, 0.25) is 0 Å². The highest BCUT2D eigenvalue weighted by Crippen LogP contribution is 2.33. The van der Waals surface area contributed by atoms with Crippen LogP contribution in [-0.2, 0) is 12.8 Å². The van der Waals surface area contributed by atoms with Crippen LogP contribution < -0.4 is 0 Å². The van der Waals surface area contributed by atoms with Crippen LogP contribution in [0, 0.1) is 0 Å². The Labute approximate surface area is 172 Å². The normalized spacial score (nSPS) is 13.6. The molecule has 28 heavy (non-hydrogen) atoms. The number of thiazole rings is 1. The quantitative estimate of drug-likeness (QED) is 0.387. The number of carbonyl (C=O) groups is 1. The SMILES string of the molecule is O=C(CSc1nc(-c2ccccc2)cs1)n1c2c(c3ccccc31)CCCC2. The van der Waals surface area contributed by atoms with Crippen molar-refractivity contribution in [2.45, 2.75) is 30.0 Å². The Kier molecular flexibility index (Phi) is 4.79. The Bertz CT molecular complexity index is 1140. The maximum atomic E-state index is 13.2. The second-order valence-corrected chi connectivity index (χ2v) is 9.11. The fraction of sp³-hybridized carbons (Fsp3) is 0.217. The van der Waals surface area contributed by atoms with E-state index < -0.39 is 0 Å². The number of rotatable bonds is 4. The van der Waals surface area contributed by atoms with Gasteiger partial charge in [0, 0.05) is 22.0 Å². The molecule has 0 spiro atoms. The van der Waals surface area contributed by atoms with E-state index in [-0.39, 0.29) is 5.91 Å². The fourth-order valence-electron chi connectivity index (χ4n) is 4.03. The van der Waals surface area contributed by atoms with E-state index in [1.807, 2.05) is 28.8 Å². The number of nitrogens with zero attached hydrogens (tertiary/aromatic N) is 2. The molecule has 0 N–H and O–H groups in total. The van der Waals surface area contributed by atoms with E-state index in [4.69, 9.17) is 4.98 Å². The number of carbonyl (C=O) groups excluding carboxylic acids is 1. The summed E-state index contributed by atoms with van der Waals surface area (Å²) in [4.78, 5) is 17.9. The van der Waals surface area contributed by atoms with Gasteiger partial charge in [0.2, 0.25) is 5.91 Å². The zero-order chi connectivity index (χ0) is 18.9. The van der Waals surface area contributed by atoms with E-state index in [2.05, 4.69) is 35.7 Å². The van der Waals surface area contributed by atoms with Gasteiger partial charge in [-0.05, 0) is 37.3 Å². The van der Waals surface area contributed by atoms with Crippen LogP contribution in [0.5, 0.6) is 0 Å². The summed E-state index contributed by atoms with van der Waals surface area (Å²) >= 11 is 3.14. The molecule has 0 saturated carbocycles. The van der Waals surface area contributed by atoms with E-state index in [0.29, 0.717) is 5.75 Å². The predicted molar refractivity (Wildman–Crippen MR) is 117 cm³/mol. The molecule has 2 heterocycles. The molecule has 0 aliphatic heterocycles. The Morgan fingerprint density at radius 1 is 1.04 bits per heavy atom. The fourth-order valence-corrected chi connectivity index (χ4v) is 5.72. The summed E-state index contributed by atoms with van der Waals surface area (Å²) in [6.07, 6.45) is 4.45. The van der Waals surface area contributed by atoms with Gasteiger partial charge in [-0.2, -0.15) is 0 Å². The van der Waals surface area contributed by atoms with Crippen molar-refractivity contribution < 1.29 is 4.79 Å². The minimum absolute atomic E-state index is 0.154. The van der Waals surface area contributed by atoms with Crippen LogP contribution in [0.25, 0.3) is 22.2 Å².